The first kappa shape index (κ1) is 20.7. The van der Waals surface area contributed by atoms with Gasteiger partial charge in [0.1, 0.15) is 5.75 Å². The molecule has 3 atom stereocenters. The van der Waals surface area contributed by atoms with Gasteiger partial charge in [0.25, 0.3) is 0 Å². The zero-order valence-corrected chi connectivity index (χ0v) is 18.0. The predicted molar refractivity (Wildman–Crippen MR) is 113 cm³/mol. The summed E-state index contributed by atoms with van der Waals surface area (Å²) in [5.74, 6) is 3.14. The number of hydrogen-bond donors (Lipinski definition) is 1. The summed E-state index contributed by atoms with van der Waals surface area (Å²) in [4.78, 5) is 12.5. The van der Waals surface area contributed by atoms with Gasteiger partial charge in [0.2, 0.25) is 5.91 Å². The van der Waals surface area contributed by atoms with Crippen molar-refractivity contribution in [2.24, 2.45) is 11.8 Å². The Balaban J connectivity index is 1.66. The highest BCUT2D eigenvalue weighted by molar-refractivity contribution is 7.99. The Hall–Kier alpha value is -2.02. The van der Waals surface area contributed by atoms with Crippen molar-refractivity contribution in [3.63, 3.8) is 0 Å². The molecule has 1 aliphatic carbocycles. The lowest BCUT2D eigenvalue weighted by atomic mass is 9.78. The normalized spacial score (nSPS) is 22.1. The van der Waals surface area contributed by atoms with E-state index in [-0.39, 0.29) is 11.9 Å². The zero-order chi connectivity index (χ0) is 20.1. The zero-order valence-electron chi connectivity index (χ0n) is 17.1. The van der Waals surface area contributed by atoms with E-state index < -0.39 is 0 Å². The van der Waals surface area contributed by atoms with E-state index in [2.05, 4.69) is 36.3 Å². The van der Waals surface area contributed by atoms with Crippen LogP contribution in [0.25, 0.3) is 11.4 Å². The first-order valence-electron chi connectivity index (χ1n) is 10.0. The number of rotatable bonds is 7. The van der Waals surface area contributed by atoms with E-state index in [4.69, 9.17) is 4.74 Å². The van der Waals surface area contributed by atoms with E-state index in [1.807, 2.05) is 28.8 Å². The fourth-order valence-corrected chi connectivity index (χ4v) is 4.69. The maximum absolute atomic E-state index is 12.5. The Morgan fingerprint density at radius 1 is 1.29 bits per heavy atom. The maximum atomic E-state index is 12.5. The Labute approximate surface area is 171 Å². The van der Waals surface area contributed by atoms with E-state index in [0.29, 0.717) is 17.6 Å². The molecule has 1 saturated carbocycles. The molecule has 1 amide bonds. The lowest BCUT2D eigenvalue weighted by Gasteiger charge is -2.34. The molecule has 0 radical (unpaired) electrons. The van der Waals surface area contributed by atoms with Crippen LogP contribution in [-0.2, 0) is 11.3 Å². The van der Waals surface area contributed by atoms with E-state index in [9.17, 15) is 4.79 Å². The van der Waals surface area contributed by atoms with Gasteiger partial charge in [0.05, 0.1) is 18.4 Å². The molecule has 1 heterocycles. The summed E-state index contributed by atoms with van der Waals surface area (Å²) in [6.45, 7) is 7.30. The molecule has 152 valence electrons. The topological polar surface area (TPSA) is 69.0 Å². The molecule has 1 aromatic carbocycles. The number of hydrogen-bond acceptors (Lipinski definition) is 5. The summed E-state index contributed by atoms with van der Waals surface area (Å²) in [5.41, 5.74) is 0.903. The van der Waals surface area contributed by atoms with Crippen molar-refractivity contribution in [3.05, 3.63) is 24.3 Å². The molecule has 3 unspecified atom stereocenters. The van der Waals surface area contributed by atoms with Gasteiger partial charge in [-0.3, -0.25) is 4.79 Å². The second-order valence-corrected chi connectivity index (χ2v) is 8.42. The van der Waals surface area contributed by atoms with Crippen molar-refractivity contribution in [1.29, 1.82) is 0 Å². The molecule has 1 aromatic heterocycles. The highest BCUT2D eigenvalue weighted by Gasteiger charge is 2.28. The summed E-state index contributed by atoms with van der Waals surface area (Å²) in [7, 11) is 1.65. The average molecular weight is 403 g/mol. The minimum absolute atomic E-state index is 0.0699. The molecule has 1 fully saturated rings. The van der Waals surface area contributed by atoms with Crippen LogP contribution in [0.5, 0.6) is 5.75 Å². The van der Waals surface area contributed by atoms with Crippen LogP contribution < -0.4 is 10.1 Å². The van der Waals surface area contributed by atoms with Crippen LogP contribution in [0.1, 0.15) is 40.0 Å². The van der Waals surface area contributed by atoms with Gasteiger partial charge in [-0.2, -0.15) is 0 Å². The van der Waals surface area contributed by atoms with Crippen molar-refractivity contribution in [3.8, 4) is 17.1 Å². The van der Waals surface area contributed by atoms with Crippen molar-refractivity contribution in [2.75, 3.05) is 12.9 Å². The molecule has 28 heavy (non-hydrogen) atoms. The number of para-hydroxylation sites is 1. The van der Waals surface area contributed by atoms with Gasteiger partial charge < -0.3 is 14.6 Å². The maximum Gasteiger partial charge on any atom is 0.230 e. The van der Waals surface area contributed by atoms with Crippen molar-refractivity contribution >= 4 is 17.7 Å². The first-order chi connectivity index (χ1) is 13.5. The number of thioether (sulfide) groups is 1. The van der Waals surface area contributed by atoms with Crippen molar-refractivity contribution in [1.82, 2.24) is 20.1 Å². The molecule has 6 nitrogen and oxygen atoms in total. The third-order valence-corrected chi connectivity index (χ3v) is 6.73. The summed E-state index contributed by atoms with van der Waals surface area (Å²) in [5, 5.41) is 12.7. The van der Waals surface area contributed by atoms with Crippen LogP contribution in [0, 0.1) is 11.8 Å². The number of carbonyl (C=O) groups excluding carboxylic acids is 1. The lowest BCUT2D eigenvalue weighted by Crippen LogP contribution is -2.44. The molecule has 2 aromatic rings. The molecule has 7 heteroatoms. The average Bonchev–Trinajstić information content (AvgIpc) is 3.12. The van der Waals surface area contributed by atoms with Gasteiger partial charge in [-0.15, -0.1) is 10.2 Å². The quantitative estimate of drug-likeness (QED) is 0.709. The number of nitrogens with zero attached hydrogens (tertiary/aromatic N) is 3. The number of ether oxygens (including phenoxy) is 1. The highest BCUT2D eigenvalue weighted by Crippen LogP contribution is 2.31. The van der Waals surface area contributed by atoms with Crippen LogP contribution in [0.2, 0.25) is 0 Å². The van der Waals surface area contributed by atoms with Crippen LogP contribution in [0.3, 0.4) is 0 Å². The Morgan fingerprint density at radius 3 is 2.82 bits per heavy atom. The fraction of sp³-hybridized carbons (Fsp3) is 0.571. The number of nitrogens with one attached hydrogen (secondary N) is 1. The van der Waals surface area contributed by atoms with Crippen LogP contribution in [-0.4, -0.2) is 39.6 Å². The molecule has 1 aliphatic rings. The fourth-order valence-electron chi connectivity index (χ4n) is 3.87. The summed E-state index contributed by atoms with van der Waals surface area (Å²) < 4.78 is 7.49. The van der Waals surface area contributed by atoms with Crippen LogP contribution >= 0.6 is 11.8 Å². The van der Waals surface area contributed by atoms with Crippen LogP contribution in [0.15, 0.2) is 29.4 Å². The first-order valence-corrected chi connectivity index (χ1v) is 11.0. The molecule has 0 saturated heterocycles. The molecular weight excluding hydrogens is 372 g/mol. The Bertz CT molecular complexity index is 807. The second kappa shape index (κ2) is 9.45. The third kappa shape index (κ3) is 4.51. The molecule has 0 spiro atoms. The van der Waals surface area contributed by atoms with E-state index in [1.165, 1.54) is 24.6 Å². The van der Waals surface area contributed by atoms with Gasteiger partial charge in [-0.05, 0) is 37.3 Å². The number of amides is 1. The van der Waals surface area contributed by atoms with Gasteiger partial charge >= 0.3 is 0 Å². The minimum Gasteiger partial charge on any atom is -0.496 e. The SMILES string of the molecule is CCn1c(SCC(=O)NC2CCCC(C)C2C)nnc1-c1ccccc1OC. The Morgan fingerprint density at radius 2 is 2.07 bits per heavy atom. The highest BCUT2D eigenvalue weighted by atomic mass is 32.2. The summed E-state index contributed by atoms with van der Waals surface area (Å²) >= 11 is 1.44. The van der Waals surface area contributed by atoms with Gasteiger partial charge in [-0.25, -0.2) is 0 Å². The van der Waals surface area contributed by atoms with Crippen molar-refractivity contribution in [2.45, 2.75) is 57.8 Å². The largest absolute Gasteiger partial charge is 0.496 e. The molecule has 1 N–H and O–H groups in total. The molecule has 3 rings (SSSR count). The standard InChI is InChI=1S/C21H30N4O2S/c1-5-25-20(16-10-6-7-12-18(16)27-4)23-24-21(25)28-13-19(26)22-17-11-8-9-14(2)15(17)3/h6-7,10,12,14-15,17H,5,8-9,11,13H2,1-4H3,(H,22,26). The molecular formula is C21H30N4O2S. The van der Waals surface area contributed by atoms with Crippen LogP contribution in [0.4, 0.5) is 0 Å². The van der Waals surface area contributed by atoms with Gasteiger partial charge in [0, 0.05) is 12.6 Å². The number of benzene rings is 1. The summed E-state index contributed by atoms with van der Waals surface area (Å²) in [6.07, 6.45) is 3.52. The van der Waals surface area contributed by atoms with Crippen molar-refractivity contribution < 1.29 is 9.53 Å². The number of aromatic nitrogens is 3. The minimum atomic E-state index is 0.0699. The van der Waals surface area contributed by atoms with Gasteiger partial charge in [0.15, 0.2) is 11.0 Å². The predicted octanol–water partition coefficient (Wildman–Crippen LogP) is 4.01. The monoisotopic (exact) mass is 402 g/mol. The summed E-state index contributed by atoms with van der Waals surface area (Å²) in [6, 6.07) is 8.06. The molecule has 0 aliphatic heterocycles. The Kier molecular flexibility index (Phi) is 6.99. The number of carbonyl (C=O) groups is 1. The second-order valence-electron chi connectivity index (χ2n) is 7.48. The van der Waals surface area contributed by atoms with E-state index >= 15 is 0 Å². The smallest absolute Gasteiger partial charge is 0.230 e. The lowest BCUT2D eigenvalue weighted by molar-refractivity contribution is -0.120. The van der Waals surface area contributed by atoms with E-state index in [0.717, 1.165) is 35.3 Å². The number of methoxy groups -OCH3 is 1. The molecule has 0 bridgehead atoms. The van der Waals surface area contributed by atoms with Gasteiger partial charge in [-0.1, -0.05) is 50.6 Å². The van der Waals surface area contributed by atoms with E-state index in [1.54, 1.807) is 7.11 Å². The third-order valence-electron chi connectivity index (χ3n) is 5.77.